The molecule has 0 aromatic carbocycles. The molecule has 2 aromatic rings. The normalized spacial score (nSPS) is 11.2. The molecule has 0 amide bonds. The Bertz CT molecular complexity index is 531. The molecule has 5 nitrogen and oxygen atoms in total. The standard InChI is InChI=1S/C11H13N3O2/c1-7(2)3-9-4-10-12-5-8(11(15)16)6-14(10)13-9/h4-7H,3H2,1-2H3,(H,15,16). The van der Waals surface area contributed by atoms with Gasteiger partial charge in [0.2, 0.25) is 0 Å². The minimum Gasteiger partial charge on any atom is -0.478 e. The van der Waals surface area contributed by atoms with Gasteiger partial charge in [-0.05, 0) is 12.3 Å². The molecule has 0 radical (unpaired) electrons. The fraction of sp³-hybridized carbons (Fsp3) is 0.364. The Hall–Kier alpha value is -1.91. The second kappa shape index (κ2) is 3.92. The molecule has 0 bridgehead atoms. The zero-order valence-corrected chi connectivity index (χ0v) is 9.21. The van der Waals surface area contributed by atoms with E-state index in [-0.39, 0.29) is 5.56 Å². The van der Waals surface area contributed by atoms with Crippen LogP contribution in [0.3, 0.4) is 0 Å². The van der Waals surface area contributed by atoms with Crippen LogP contribution in [-0.2, 0) is 6.42 Å². The topological polar surface area (TPSA) is 67.5 Å². The van der Waals surface area contributed by atoms with Crippen LogP contribution in [0.25, 0.3) is 5.65 Å². The molecule has 0 spiro atoms. The quantitative estimate of drug-likeness (QED) is 0.851. The smallest absolute Gasteiger partial charge is 0.338 e. The Morgan fingerprint density at radius 2 is 2.31 bits per heavy atom. The molecule has 84 valence electrons. The number of rotatable bonds is 3. The first-order chi connectivity index (χ1) is 7.56. The monoisotopic (exact) mass is 219 g/mol. The molecule has 2 heterocycles. The van der Waals surface area contributed by atoms with E-state index in [0.717, 1.165) is 12.1 Å². The van der Waals surface area contributed by atoms with Gasteiger partial charge in [-0.15, -0.1) is 0 Å². The predicted molar refractivity (Wildman–Crippen MR) is 58.5 cm³/mol. The number of fused-ring (bicyclic) bond motifs is 1. The van der Waals surface area contributed by atoms with Crippen LogP contribution >= 0.6 is 0 Å². The first-order valence-electron chi connectivity index (χ1n) is 5.14. The van der Waals surface area contributed by atoms with Crippen LogP contribution in [0.2, 0.25) is 0 Å². The van der Waals surface area contributed by atoms with Gasteiger partial charge in [0.05, 0.1) is 11.3 Å². The van der Waals surface area contributed by atoms with E-state index in [1.165, 1.54) is 16.9 Å². The third-order valence-electron chi connectivity index (χ3n) is 2.23. The van der Waals surface area contributed by atoms with Crippen molar-refractivity contribution in [3.05, 3.63) is 29.7 Å². The lowest BCUT2D eigenvalue weighted by Gasteiger charge is -1.98. The Kier molecular flexibility index (Phi) is 2.60. The molecule has 1 N–H and O–H groups in total. The highest BCUT2D eigenvalue weighted by Crippen LogP contribution is 2.09. The van der Waals surface area contributed by atoms with Gasteiger partial charge in [0, 0.05) is 18.5 Å². The molecule has 0 aliphatic carbocycles. The number of carboxylic acids is 1. The third kappa shape index (κ3) is 2.03. The largest absolute Gasteiger partial charge is 0.478 e. The van der Waals surface area contributed by atoms with Crippen LogP contribution in [0.15, 0.2) is 18.5 Å². The molecule has 2 rings (SSSR count). The zero-order chi connectivity index (χ0) is 11.7. The van der Waals surface area contributed by atoms with E-state index in [4.69, 9.17) is 5.11 Å². The molecule has 0 saturated heterocycles. The highest BCUT2D eigenvalue weighted by Gasteiger charge is 2.08. The molecule has 0 aliphatic heterocycles. The van der Waals surface area contributed by atoms with Crippen LogP contribution < -0.4 is 0 Å². The first kappa shape index (κ1) is 10.6. The van der Waals surface area contributed by atoms with Crippen molar-refractivity contribution < 1.29 is 9.90 Å². The maximum Gasteiger partial charge on any atom is 0.338 e. The maximum absolute atomic E-state index is 10.7. The van der Waals surface area contributed by atoms with E-state index in [2.05, 4.69) is 23.9 Å². The lowest BCUT2D eigenvalue weighted by molar-refractivity contribution is 0.0695. The fourth-order valence-corrected chi connectivity index (χ4v) is 1.55. The van der Waals surface area contributed by atoms with E-state index in [0.29, 0.717) is 11.6 Å². The Morgan fingerprint density at radius 1 is 1.56 bits per heavy atom. The van der Waals surface area contributed by atoms with Crippen molar-refractivity contribution in [2.45, 2.75) is 20.3 Å². The summed E-state index contributed by atoms with van der Waals surface area (Å²) in [7, 11) is 0. The zero-order valence-electron chi connectivity index (χ0n) is 9.21. The Balaban J connectivity index is 2.42. The van der Waals surface area contributed by atoms with Crippen molar-refractivity contribution >= 4 is 11.6 Å². The average Bonchev–Trinajstić information content (AvgIpc) is 2.56. The summed E-state index contributed by atoms with van der Waals surface area (Å²) in [6, 6.07) is 1.88. The molecule has 0 saturated carbocycles. The summed E-state index contributed by atoms with van der Waals surface area (Å²) in [5.41, 5.74) is 1.76. The lowest BCUT2D eigenvalue weighted by atomic mass is 10.1. The third-order valence-corrected chi connectivity index (χ3v) is 2.23. The van der Waals surface area contributed by atoms with Crippen molar-refractivity contribution in [3.8, 4) is 0 Å². The summed E-state index contributed by atoms with van der Waals surface area (Å²) in [4.78, 5) is 14.8. The predicted octanol–water partition coefficient (Wildman–Crippen LogP) is 1.63. The van der Waals surface area contributed by atoms with E-state index >= 15 is 0 Å². The van der Waals surface area contributed by atoms with Gasteiger partial charge in [0.15, 0.2) is 5.65 Å². The van der Waals surface area contributed by atoms with Gasteiger partial charge >= 0.3 is 5.97 Å². The molecule has 2 aromatic heterocycles. The molecule has 0 unspecified atom stereocenters. The molecule has 5 heteroatoms. The number of carboxylic acid groups (broad SMARTS) is 1. The minimum absolute atomic E-state index is 0.145. The van der Waals surface area contributed by atoms with Crippen LogP contribution in [0.4, 0.5) is 0 Å². The minimum atomic E-state index is -0.990. The van der Waals surface area contributed by atoms with Gasteiger partial charge in [-0.2, -0.15) is 5.10 Å². The van der Waals surface area contributed by atoms with Crippen molar-refractivity contribution in [2.24, 2.45) is 5.92 Å². The van der Waals surface area contributed by atoms with Gasteiger partial charge < -0.3 is 5.11 Å². The average molecular weight is 219 g/mol. The van der Waals surface area contributed by atoms with Crippen LogP contribution in [-0.4, -0.2) is 25.7 Å². The van der Waals surface area contributed by atoms with Crippen molar-refractivity contribution in [3.63, 3.8) is 0 Å². The molecular formula is C11H13N3O2. The molecule has 0 fully saturated rings. The van der Waals surface area contributed by atoms with E-state index in [1.807, 2.05) is 6.07 Å². The number of carbonyl (C=O) groups is 1. The summed E-state index contributed by atoms with van der Waals surface area (Å²) in [5.74, 6) is -0.473. The van der Waals surface area contributed by atoms with Gasteiger partial charge in [0.1, 0.15) is 0 Å². The van der Waals surface area contributed by atoms with Crippen molar-refractivity contribution in [1.29, 1.82) is 0 Å². The van der Waals surface area contributed by atoms with Gasteiger partial charge in [-0.25, -0.2) is 14.3 Å². The second-order valence-electron chi connectivity index (χ2n) is 4.18. The lowest BCUT2D eigenvalue weighted by Crippen LogP contribution is -2.01. The molecule has 0 aliphatic rings. The highest BCUT2D eigenvalue weighted by atomic mass is 16.4. The highest BCUT2D eigenvalue weighted by molar-refractivity contribution is 5.87. The second-order valence-corrected chi connectivity index (χ2v) is 4.18. The SMILES string of the molecule is CC(C)Cc1cc2ncc(C(=O)O)cn2n1. The van der Waals surface area contributed by atoms with Gasteiger partial charge in [-0.3, -0.25) is 0 Å². The number of aromatic carboxylic acids is 1. The van der Waals surface area contributed by atoms with E-state index < -0.39 is 5.97 Å². The number of hydrogen-bond donors (Lipinski definition) is 1. The molecular weight excluding hydrogens is 206 g/mol. The summed E-state index contributed by atoms with van der Waals surface area (Å²) in [6.45, 7) is 4.22. The van der Waals surface area contributed by atoms with Crippen LogP contribution in [0.5, 0.6) is 0 Å². The van der Waals surface area contributed by atoms with Crippen LogP contribution in [0.1, 0.15) is 29.9 Å². The summed E-state index contributed by atoms with van der Waals surface area (Å²) in [5, 5.41) is 13.1. The number of hydrogen-bond acceptors (Lipinski definition) is 3. The number of nitrogens with zero attached hydrogens (tertiary/aromatic N) is 3. The summed E-state index contributed by atoms with van der Waals surface area (Å²) >= 11 is 0. The van der Waals surface area contributed by atoms with Crippen molar-refractivity contribution in [2.75, 3.05) is 0 Å². The van der Waals surface area contributed by atoms with Gasteiger partial charge in [0.25, 0.3) is 0 Å². The summed E-state index contributed by atoms with van der Waals surface area (Å²) < 4.78 is 1.52. The molecule has 16 heavy (non-hydrogen) atoms. The van der Waals surface area contributed by atoms with Gasteiger partial charge in [-0.1, -0.05) is 13.8 Å². The maximum atomic E-state index is 10.7. The Morgan fingerprint density at radius 3 is 2.94 bits per heavy atom. The van der Waals surface area contributed by atoms with E-state index in [1.54, 1.807) is 0 Å². The van der Waals surface area contributed by atoms with Crippen molar-refractivity contribution in [1.82, 2.24) is 14.6 Å². The van der Waals surface area contributed by atoms with Crippen LogP contribution in [0, 0.1) is 5.92 Å². The first-order valence-corrected chi connectivity index (χ1v) is 5.14. The fourth-order valence-electron chi connectivity index (χ4n) is 1.55. The Labute approximate surface area is 92.7 Å². The molecule has 0 atom stereocenters. The van der Waals surface area contributed by atoms with E-state index in [9.17, 15) is 4.79 Å². The summed E-state index contributed by atoms with van der Waals surface area (Å²) in [6.07, 6.45) is 3.69. The number of aromatic nitrogens is 3.